The van der Waals surface area contributed by atoms with Gasteiger partial charge in [-0.3, -0.25) is 0 Å². The Hall–Kier alpha value is -7.21. The highest BCUT2D eigenvalue weighted by Crippen LogP contribution is 2.44. The zero-order valence-electron chi connectivity index (χ0n) is 30.2. The maximum Gasteiger partial charge on any atom is 0.164 e. The summed E-state index contributed by atoms with van der Waals surface area (Å²) in [7, 11) is 0. The molecule has 0 aliphatic rings. The molecular weight excluding hydrogens is 701 g/mol. The van der Waals surface area contributed by atoms with Gasteiger partial charge in [0.25, 0.3) is 0 Å². The molecule has 5 heteroatoms. The van der Waals surface area contributed by atoms with Crippen LogP contribution in [0.5, 0.6) is 0 Å². The predicted octanol–water partition coefficient (Wildman–Crippen LogP) is 13.7. The van der Waals surface area contributed by atoms with Crippen molar-refractivity contribution < 1.29 is 0 Å². The first-order valence-electron chi connectivity index (χ1n) is 18.8. The zero-order valence-corrected chi connectivity index (χ0v) is 31.0. The molecule has 0 radical (unpaired) electrons. The first kappa shape index (κ1) is 32.2. The number of benzene rings is 8. The van der Waals surface area contributed by atoms with E-state index < -0.39 is 0 Å². The maximum atomic E-state index is 5.00. The summed E-state index contributed by atoms with van der Waals surface area (Å²) in [6.45, 7) is 0. The zero-order chi connectivity index (χ0) is 37.0. The van der Waals surface area contributed by atoms with E-state index in [0.29, 0.717) is 17.5 Å². The van der Waals surface area contributed by atoms with Gasteiger partial charge in [0.2, 0.25) is 0 Å². The predicted molar refractivity (Wildman–Crippen MR) is 234 cm³/mol. The van der Waals surface area contributed by atoms with E-state index in [1.165, 1.54) is 53.1 Å². The van der Waals surface area contributed by atoms with Gasteiger partial charge >= 0.3 is 0 Å². The van der Waals surface area contributed by atoms with Crippen molar-refractivity contribution in [2.45, 2.75) is 0 Å². The Labute approximate surface area is 327 Å². The Kier molecular flexibility index (Phi) is 7.64. The summed E-state index contributed by atoms with van der Waals surface area (Å²) >= 11 is 1.89. The lowest BCUT2D eigenvalue weighted by Crippen LogP contribution is -2.00. The fourth-order valence-electron chi connectivity index (χ4n) is 7.97. The molecule has 0 N–H and O–H groups in total. The fraction of sp³-hybridized carbons (Fsp3) is 0. The second kappa shape index (κ2) is 13.3. The third-order valence-electron chi connectivity index (χ3n) is 10.6. The Balaban J connectivity index is 1.03. The van der Waals surface area contributed by atoms with Gasteiger partial charge in [0.1, 0.15) is 0 Å². The minimum atomic E-state index is 0.640. The highest BCUT2D eigenvalue weighted by molar-refractivity contribution is 7.26. The number of fused-ring (bicyclic) bond motifs is 7. The van der Waals surface area contributed by atoms with Crippen LogP contribution in [0.3, 0.4) is 0 Å². The van der Waals surface area contributed by atoms with Gasteiger partial charge < -0.3 is 4.57 Å². The van der Waals surface area contributed by atoms with Crippen LogP contribution in [-0.4, -0.2) is 19.5 Å². The van der Waals surface area contributed by atoms with Gasteiger partial charge in [0.05, 0.1) is 11.0 Å². The summed E-state index contributed by atoms with van der Waals surface area (Å²) in [6.07, 6.45) is 0. The normalized spacial score (nSPS) is 11.6. The summed E-state index contributed by atoms with van der Waals surface area (Å²) in [6, 6.07) is 68.6. The molecule has 0 aliphatic heterocycles. The molecule has 0 amide bonds. The molecule has 0 spiro atoms. The van der Waals surface area contributed by atoms with Crippen LogP contribution in [0.4, 0.5) is 0 Å². The molecule has 0 unspecified atom stereocenters. The highest BCUT2D eigenvalue weighted by atomic mass is 32.1. The molecule has 0 aliphatic carbocycles. The number of rotatable bonds is 6. The van der Waals surface area contributed by atoms with Gasteiger partial charge in [0, 0.05) is 53.3 Å². The average Bonchev–Trinajstić information content (AvgIpc) is 3.83. The molecule has 4 nitrogen and oxygen atoms in total. The van der Waals surface area contributed by atoms with Gasteiger partial charge in [-0.25, -0.2) is 15.0 Å². The number of para-hydroxylation sites is 1. The van der Waals surface area contributed by atoms with Crippen molar-refractivity contribution in [1.82, 2.24) is 19.5 Å². The average molecular weight is 733 g/mol. The summed E-state index contributed by atoms with van der Waals surface area (Å²) in [4.78, 5) is 14.9. The Morgan fingerprint density at radius 1 is 0.339 bits per heavy atom. The van der Waals surface area contributed by atoms with E-state index in [9.17, 15) is 0 Å². The van der Waals surface area contributed by atoms with Crippen LogP contribution in [0.1, 0.15) is 0 Å². The van der Waals surface area contributed by atoms with Crippen LogP contribution in [-0.2, 0) is 0 Å². The van der Waals surface area contributed by atoms with Gasteiger partial charge in [-0.05, 0) is 64.7 Å². The molecule has 0 fully saturated rings. The van der Waals surface area contributed by atoms with Crippen LogP contribution in [0.25, 0.3) is 104 Å². The van der Waals surface area contributed by atoms with Crippen molar-refractivity contribution >= 4 is 53.3 Å². The molecule has 0 saturated carbocycles. The SMILES string of the molecule is c1ccc(-c2ccc3sc4c(ccc5c4c4ccccc4n5-c4cccc(-c5cccc(-c6nc(-c7ccccc7)nc(-c7ccccc7)n6)c5)c4)c3c2)cc1. The van der Waals surface area contributed by atoms with Crippen molar-refractivity contribution in [3.05, 3.63) is 194 Å². The van der Waals surface area contributed by atoms with E-state index in [-0.39, 0.29) is 0 Å². The van der Waals surface area contributed by atoms with E-state index in [2.05, 4.69) is 138 Å². The number of thiophene rings is 1. The van der Waals surface area contributed by atoms with Crippen LogP contribution in [0.15, 0.2) is 194 Å². The molecular formula is C51H32N4S. The van der Waals surface area contributed by atoms with Crippen molar-refractivity contribution in [2.75, 3.05) is 0 Å². The standard InChI is InChI=1S/C51H32N4S/c1-4-14-33(15-5-1)38-26-29-46-43(32-38)41-27-28-45-47(48(41)56-46)42-24-10-11-25-44(42)55(45)40-23-13-21-37(31-40)36-20-12-22-39(30-36)51-53-49(34-16-6-2-7-17-34)52-50(54-51)35-18-8-3-9-19-35/h1-32H. The molecule has 0 atom stereocenters. The number of hydrogen-bond donors (Lipinski definition) is 0. The Bertz CT molecular complexity index is 3180. The number of hydrogen-bond acceptors (Lipinski definition) is 4. The van der Waals surface area contributed by atoms with Crippen molar-refractivity contribution in [1.29, 1.82) is 0 Å². The first-order chi connectivity index (χ1) is 27.7. The van der Waals surface area contributed by atoms with E-state index in [4.69, 9.17) is 15.0 Å². The molecule has 8 aromatic carbocycles. The molecule has 262 valence electrons. The van der Waals surface area contributed by atoms with E-state index >= 15 is 0 Å². The van der Waals surface area contributed by atoms with Crippen molar-refractivity contribution in [3.63, 3.8) is 0 Å². The van der Waals surface area contributed by atoms with Crippen molar-refractivity contribution in [2.24, 2.45) is 0 Å². The smallest absolute Gasteiger partial charge is 0.164 e. The van der Waals surface area contributed by atoms with E-state index in [1.54, 1.807) is 0 Å². The molecule has 11 aromatic rings. The van der Waals surface area contributed by atoms with Crippen LogP contribution < -0.4 is 0 Å². The van der Waals surface area contributed by atoms with Crippen LogP contribution >= 0.6 is 11.3 Å². The summed E-state index contributed by atoms with van der Waals surface area (Å²) in [5.74, 6) is 1.94. The van der Waals surface area contributed by atoms with Gasteiger partial charge in [-0.2, -0.15) is 0 Å². The van der Waals surface area contributed by atoms with Gasteiger partial charge in [-0.15, -0.1) is 11.3 Å². The minimum absolute atomic E-state index is 0.640. The molecule has 56 heavy (non-hydrogen) atoms. The van der Waals surface area contributed by atoms with E-state index in [0.717, 1.165) is 33.5 Å². The molecule has 0 saturated heterocycles. The monoisotopic (exact) mass is 732 g/mol. The topological polar surface area (TPSA) is 43.6 Å². The summed E-state index contributed by atoms with van der Waals surface area (Å²) in [5.41, 5.74) is 11.0. The Morgan fingerprint density at radius 3 is 1.61 bits per heavy atom. The largest absolute Gasteiger partial charge is 0.309 e. The van der Waals surface area contributed by atoms with Crippen LogP contribution in [0, 0.1) is 0 Å². The quantitative estimate of drug-likeness (QED) is 0.171. The van der Waals surface area contributed by atoms with Gasteiger partial charge in [0.15, 0.2) is 17.5 Å². The second-order valence-electron chi connectivity index (χ2n) is 14.0. The van der Waals surface area contributed by atoms with Gasteiger partial charge in [-0.1, -0.05) is 152 Å². The molecule has 3 heterocycles. The lowest BCUT2D eigenvalue weighted by atomic mass is 10.0. The lowest BCUT2D eigenvalue weighted by Gasteiger charge is -2.12. The number of aromatic nitrogens is 4. The Morgan fingerprint density at radius 2 is 0.893 bits per heavy atom. The summed E-state index contributed by atoms with van der Waals surface area (Å²) < 4.78 is 5.04. The fourth-order valence-corrected chi connectivity index (χ4v) is 9.21. The third kappa shape index (κ3) is 5.48. The molecule has 0 bridgehead atoms. The summed E-state index contributed by atoms with van der Waals surface area (Å²) in [5, 5.41) is 5.16. The molecule has 3 aromatic heterocycles. The third-order valence-corrected chi connectivity index (χ3v) is 11.8. The highest BCUT2D eigenvalue weighted by Gasteiger charge is 2.19. The van der Waals surface area contributed by atoms with Crippen molar-refractivity contribution in [3.8, 4) is 62.1 Å². The molecule has 11 rings (SSSR count). The first-order valence-corrected chi connectivity index (χ1v) is 19.6. The minimum Gasteiger partial charge on any atom is -0.309 e. The maximum absolute atomic E-state index is 5.00. The second-order valence-corrected chi connectivity index (χ2v) is 15.1. The van der Waals surface area contributed by atoms with E-state index in [1.807, 2.05) is 72.0 Å². The lowest BCUT2D eigenvalue weighted by molar-refractivity contribution is 1.07. The van der Waals surface area contributed by atoms with Crippen LogP contribution in [0.2, 0.25) is 0 Å². The number of nitrogens with zero attached hydrogens (tertiary/aromatic N) is 4.